The molecule has 0 aliphatic carbocycles. The molecule has 1 heterocycles. The highest BCUT2D eigenvalue weighted by molar-refractivity contribution is 7.13. The summed E-state index contributed by atoms with van der Waals surface area (Å²) in [7, 11) is 1.29. The summed E-state index contributed by atoms with van der Waals surface area (Å²) in [5.41, 5.74) is 1.26. The molecule has 0 bridgehead atoms. The Morgan fingerprint density at radius 1 is 1.24 bits per heavy atom. The lowest BCUT2D eigenvalue weighted by Crippen LogP contribution is -2.45. The molecule has 134 valence electrons. The van der Waals surface area contributed by atoms with Gasteiger partial charge in [0.05, 0.1) is 7.11 Å². The number of hydrogen-bond donors (Lipinski definition) is 1. The predicted octanol–water partition coefficient (Wildman–Crippen LogP) is 3.42. The molecule has 1 atom stereocenters. The van der Waals surface area contributed by atoms with E-state index in [0.717, 1.165) is 16.1 Å². The summed E-state index contributed by atoms with van der Waals surface area (Å²) in [5, 5.41) is 5.42. The van der Waals surface area contributed by atoms with Crippen molar-refractivity contribution in [3.05, 3.63) is 41.4 Å². The topological polar surface area (TPSA) is 77.5 Å². The Kier molecular flexibility index (Phi) is 6.14. The van der Waals surface area contributed by atoms with Crippen molar-refractivity contribution >= 4 is 23.4 Å². The number of aromatic nitrogens is 1. The number of carbonyl (C=O) groups excluding carboxylic acids is 2. The van der Waals surface area contributed by atoms with Gasteiger partial charge in [0.1, 0.15) is 16.7 Å². The normalized spacial score (nSPS) is 12.3. The van der Waals surface area contributed by atoms with Crippen LogP contribution >= 0.6 is 11.3 Å². The Bertz CT molecular complexity index is 706. The van der Waals surface area contributed by atoms with E-state index in [9.17, 15) is 9.59 Å². The molecule has 1 unspecified atom stereocenters. The van der Waals surface area contributed by atoms with Crippen LogP contribution in [0.5, 0.6) is 0 Å². The lowest BCUT2D eigenvalue weighted by atomic mass is 10.0. The van der Waals surface area contributed by atoms with Gasteiger partial charge in [-0.2, -0.15) is 0 Å². The van der Waals surface area contributed by atoms with Crippen molar-refractivity contribution in [2.75, 3.05) is 7.11 Å². The minimum Gasteiger partial charge on any atom is -0.467 e. The number of ether oxygens (including phenoxy) is 2. The van der Waals surface area contributed by atoms with Crippen molar-refractivity contribution < 1.29 is 19.1 Å². The summed E-state index contributed by atoms with van der Waals surface area (Å²) in [6, 6.07) is 6.88. The summed E-state index contributed by atoms with van der Waals surface area (Å²) in [6.07, 6.45) is 1.41. The second-order valence-electron chi connectivity index (χ2n) is 6.46. The third-order valence-corrected chi connectivity index (χ3v) is 4.07. The minimum atomic E-state index is -0.814. The lowest BCUT2D eigenvalue weighted by molar-refractivity contribution is -0.143. The molecule has 2 aromatic rings. The van der Waals surface area contributed by atoms with Crippen molar-refractivity contribution in [2.45, 2.75) is 38.8 Å². The van der Waals surface area contributed by atoms with E-state index in [2.05, 4.69) is 10.3 Å². The molecule has 0 fully saturated rings. The fourth-order valence-electron chi connectivity index (χ4n) is 2.17. The highest BCUT2D eigenvalue weighted by Gasteiger charge is 2.25. The first kappa shape index (κ1) is 18.9. The van der Waals surface area contributed by atoms with Gasteiger partial charge in [-0.1, -0.05) is 24.3 Å². The van der Waals surface area contributed by atoms with Crippen molar-refractivity contribution in [3.8, 4) is 10.6 Å². The van der Waals surface area contributed by atoms with Gasteiger partial charge >= 0.3 is 12.1 Å². The minimum absolute atomic E-state index is 0.310. The summed E-state index contributed by atoms with van der Waals surface area (Å²) >= 11 is 1.56. The molecular weight excluding hydrogens is 340 g/mol. The predicted molar refractivity (Wildman–Crippen MR) is 96.4 cm³/mol. The van der Waals surface area contributed by atoms with Crippen LogP contribution in [0.1, 0.15) is 26.3 Å². The first-order chi connectivity index (χ1) is 11.8. The summed E-state index contributed by atoms with van der Waals surface area (Å²) in [4.78, 5) is 28.2. The Labute approximate surface area is 151 Å². The number of hydrogen-bond acceptors (Lipinski definition) is 6. The zero-order valence-electron chi connectivity index (χ0n) is 14.7. The Balaban J connectivity index is 2.06. The third kappa shape index (κ3) is 5.86. The van der Waals surface area contributed by atoms with Crippen molar-refractivity contribution in [2.24, 2.45) is 0 Å². The molecule has 1 aromatic carbocycles. The molecule has 1 amide bonds. The molecule has 1 aromatic heterocycles. The highest BCUT2D eigenvalue weighted by Crippen LogP contribution is 2.22. The quantitative estimate of drug-likeness (QED) is 0.825. The number of thiazole rings is 1. The zero-order chi connectivity index (χ0) is 18.4. The second kappa shape index (κ2) is 8.11. The number of benzene rings is 1. The highest BCUT2D eigenvalue weighted by atomic mass is 32.1. The number of methoxy groups -OCH3 is 1. The smallest absolute Gasteiger partial charge is 0.408 e. The van der Waals surface area contributed by atoms with Crippen LogP contribution in [0.3, 0.4) is 0 Å². The van der Waals surface area contributed by atoms with E-state index in [4.69, 9.17) is 9.47 Å². The zero-order valence-corrected chi connectivity index (χ0v) is 15.6. The molecule has 0 aliphatic rings. The van der Waals surface area contributed by atoms with E-state index in [1.165, 1.54) is 7.11 Å². The molecule has 0 aliphatic heterocycles. The number of rotatable bonds is 5. The fraction of sp³-hybridized carbons (Fsp3) is 0.389. The maximum atomic E-state index is 12.0. The molecule has 0 saturated carbocycles. The van der Waals surface area contributed by atoms with Crippen molar-refractivity contribution in [1.82, 2.24) is 10.3 Å². The number of carbonyl (C=O) groups is 2. The van der Waals surface area contributed by atoms with Crippen molar-refractivity contribution in [1.29, 1.82) is 0 Å². The molecule has 7 heteroatoms. The van der Waals surface area contributed by atoms with E-state index in [0.29, 0.717) is 6.42 Å². The van der Waals surface area contributed by atoms with Gasteiger partial charge in [0.15, 0.2) is 0 Å². The van der Waals surface area contributed by atoms with Gasteiger partial charge in [0, 0.05) is 23.6 Å². The van der Waals surface area contributed by atoms with Gasteiger partial charge in [-0.3, -0.25) is 0 Å². The van der Waals surface area contributed by atoms with E-state index >= 15 is 0 Å². The molecule has 2 rings (SSSR count). The van der Waals surface area contributed by atoms with Crippen LogP contribution in [0, 0.1) is 0 Å². The van der Waals surface area contributed by atoms with Gasteiger partial charge in [-0.05, 0) is 26.3 Å². The first-order valence-electron chi connectivity index (χ1n) is 7.84. The average Bonchev–Trinajstić information content (AvgIpc) is 3.07. The fourth-order valence-corrected chi connectivity index (χ4v) is 2.81. The van der Waals surface area contributed by atoms with Crippen LogP contribution in [-0.4, -0.2) is 35.8 Å². The number of alkyl carbamates (subject to hydrolysis) is 1. The molecule has 25 heavy (non-hydrogen) atoms. The van der Waals surface area contributed by atoms with Crippen LogP contribution in [0.4, 0.5) is 4.79 Å². The van der Waals surface area contributed by atoms with Crippen LogP contribution in [0.2, 0.25) is 0 Å². The SMILES string of the molecule is COC(=O)C(Cc1ccc(-c2nccs2)cc1)NC(=O)OC(C)(C)C. The molecule has 0 saturated heterocycles. The van der Waals surface area contributed by atoms with Gasteiger partial charge in [0.25, 0.3) is 0 Å². The number of nitrogens with one attached hydrogen (secondary N) is 1. The van der Waals surface area contributed by atoms with Gasteiger partial charge in [0.2, 0.25) is 0 Å². The van der Waals surface area contributed by atoms with E-state index in [1.807, 2.05) is 29.6 Å². The van der Waals surface area contributed by atoms with Crippen LogP contribution in [-0.2, 0) is 20.7 Å². The first-order valence-corrected chi connectivity index (χ1v) is 8.72. The monoisotopic (exact) mass is 362 g/mol. The maximum absolute atomic E-state index is 12.0. The second-order valence-corrected chi connectivity index (χ2v) is 7.35. The van der Waals surface area contributed by atoms with Crippen LogP contribution in [0.25, 0.3) is 10.6 Å². The number of nitrogens with zero attached hydrogens (tertiary/aromatic N) is 1. The summed E-state index contributed by atoms with van der Waals surface area (Å²) in [5.74, 6) is -0.519. The van der Waals surface area contributed by atoms with E-state index in [1.54, 1.807) is 38.3 Å². The van der Waals surface area contributed by atoms with Crippen LogP contribution in [0.15, 0.2) is 35.8 Å². The molecule has 0 radical (unpaired) electrons. The largest absolute Gasteiger partial charge is 0.467 e. The number of amides is 1. The van der Waals surface area contributed by atoms with E-state index in [-0.39, 0.29) is 0 Å². The standard InChI is InChI=1S/C18H22N2O4S/c1-18(2,3)24-17(22)20-14(16(21)23-4)11-12-5-7-13(8-6-12)15-19-9-10-25-15/h5-10,14H,11H2,1-4H3,(H,20,22). The Morgan fingerprint density at radius 3 is 2.44 bits per heavy atom. The Morgan fingerprint density at radius 2 is 1.92 bits per heavy atom. The van der Waals surface area contributed by atoms with Gasteiger partial charge in [-0.15, -0.1) is 11.3 Å². The summed E-state index contributed by atoms with van der Waals surface area (Å²) < 4.78 is 9.98. The average molecular weight is 362 g/mol. The molecule has 6 nitrogen and oxygen atoms in total. The lowest BCUT2D eigenvalue weighted by Gasteiger charge is -2.22. The summed E-state index contributed by atoms with van der Waals surface area (Å²) in [6.45, 7) is 5.28. The van der Waals surface area contributed by atoms with E-state index < -0.39 is 23.7 Å². The number of esters is 1. The van der Waals surface area contributed by atoms with Crippen molar-refractivity contribution in [3.63, 3.8) is 0 Å². The van der Waals surface area contributed by atoms with Crippen LogP contribution < -0.4 is 5.32 Å². The van der Waals surface area contributed by atoms with Gasteiger partial charge in [-0.25, -0.2) is 14.6 Å². The Hall–Kier alpha value is -2.41. The maximum Gasteiger partial charge on any atom is 0.408 e. The molecular formula is C18H22N2O4S. The molecule has 0 spiro atoms. The van der Waals surface area contributed by atoms with Gasteiger partial charge < -0.3 is 14.8 Å². The molecule has 1 N–H and O–H groups in total. The third-order valence-electron chi connectivity index (χ3n) is 3.25.